The summed E-state index contributed by atoms with van der Waals surface area (Å²) in [5, 5.41) is 13.8. The summed E-state index contributed by atoms with van der Waals surface area (Å²) < 4.78 is 0. The Morgan fingerprint density at radius 3 is 3.20 bits per heavy atom. The van der Waals surface area contributed by atoms with Crippen LogP contribution in [0.5, 0.6) is 0 Å². The SMILES string of the molecule is OC1(CNc2ncccc2Cl)CCSC1. The monoisotopic (exact) mass is 244 g/mol. The highest BCUT2D eigenvalue weighted by Crippen LogP contribution is 2.28. The van der Waals surface area contributed by atoms with E-state index in [-0.39, 0.29) is 0 Å². The summed E-state index contributed by atoms with van der Waals surface area (Å²) in [7, 11) is 0. The first kappa shape index (κ1) is 11.0. The number of nitrogens with one attached hydrogen (secondary N) is 1. The molecule has 0 aliphatic carbocycles. The summed E-state index contributed by atoms with van der Waals surface area (Å²) in [5.41, 5.74) is -0.606. The normalized spacial score (nSPS) is 25.5. The van der Waals surface area contributed by atoms with Gasteiger partial charge in [-0.2, -0.15) is 11.8 Å². The Labute approximate surface area is 98.2 Å². The molecule has 0 radical (unpaired) electrons. The van der Waals surface area contributed by atoms with Gasteiger partial charge in [0.2, 0.25) is 0 Å². The zero-order valence-electron chi connectivity index (χ0n) is 8.24. The third-order valence-electron chi connectivity index (χ3n) is 2.43. The van der Waals surface area contributed by atoms with Crippen molar-refractivity contribution >= 4 is 29.2 Å². The number of thioether (sulfide) groups is 1. The minimum absolute atomic E-state index is 0.511. The maximum absolute atomic E-state index is 10.1. The quantitative estimate of drug-likeness (QED) is 0.854. The molecule has 1 unspecified atom stereocenters. The molecular formula is C10H13ClN2OS. The molecule has 1 fully saturated rings. The van der Waals surface area contributed by atoms with E-state index in [4.69, 9.17) is 11.6 Å². The predicted molar refractivity (Wildman–Crippen MR) is 64.6 cm³/mol. The van der Waals surface area contributed by atoms with E-state index in [0.717, 1.165) is 17.9 Å². The second-order valence-corrected chi connectivity index (χ2v) is 5.23. The maximum atomic E-state index is 10.1. The van der Waals surface area contributed by atoms with Gasteiger partial charge in [0.15, 0.2) is 0 Å². The van der Waals surface area contributed by atoms with Crippen LogP contribution in [0.25, 0.3) is 0 Å². The van der Waals surface area contributed by atoms with Crippen LogP contribution in [-0.4, -0.2) is 33.7 Å². The van der Waals surface area contributed by atoms with Gasteiger partial charge in [-0.05, 0) is 24.3 Å². The predicted octanol–water partition coefficient (Wildman–Crippen LogP) is 2.01. The first-order chi connectivity index (χ1) is 7.20. The molecule has 0 aromatic carbocycles. The van der Waals surface area contributed by atoms with Crippen LogP contribution in [-0.2, 0) is 0 Å². The number of anilines is 1. The number of nitrogens with zero attached hydrogens (tertiary/aromatic N) is 1. The van der Waals surface area contributed by atoms with Gasteiger partial charge in [0, 0.05) is 18.5 Å². The Morgan fingerprint density at radius 1 is 1.67 bits per heavy atom. The maximum Gasteiger partial charge on any atom is 0.144 e. The summed E-state index contributed by atoms with van der Waals surface area (Å²) in [6.45, 7) is 0.511. The molecule has 3 nitrogen and oxygen atoms in total. The molecule has 15 heavy (non-hydrogen) atoms. The van der Waals surface area contributed by atoms with Crippen molar-refractivity contribution in [3.05, 3.63) is 23.4 Å². The largest absolute Gasteiger partial charge is 0.387 e. The molecular weight excluding hydrogens is 232 g/mol. The van der Waals surface area contributed by atoms with Crippen molar-refractivity contribution in [3.8, 4) is 0 Å². The van der Waals surface area contributed by atoms with E-state index in [1.807, 2.05) is 0 Å². The van der Waals surface area contributed by atoms with Gasteiger partial charge in [0.1, 0.15) is 5.82 Å². The van der Waals surface area contributed by atoms with Gasteiger partial charge >= 0.3 is 0 Å². The minimum atomic E-state index is -0.606. The second kappa shape index (κ2) is 4.60. The van der Waals surface area contributed by atoms with E-state index in [0.29, 0.717) is 17.4 Å². The molecule has 0 spiro atoms. The van der Waals surface area contributed by atoms with Crippen LogP contribution in [0.4, 0.5) is 5.82 Å². The van der Waals surface area contributed by atoms with E-state index in [1.165, 1.54) is 0 Å². The number of halogens is 1. The van der Waals surface area contributed by atoms with Crippen molar-refractivity contribution in [2.75, 3.05) is 23.4 Å². The number of rotatable bonds is 3. The first-order valence-electron chi connectivity index (χ1n) is 4.84. The summed E-state index contributed by atoms with van der Waals surface area (Å²) in [6.07, 6.45) is 2.51. The molecule has 1 atom stereocenters. The Hall–Kier alpha value is -0.450. The molecule has 2 rings (SSSR count). The van der Waals surface area contributed by atoms with Crippen LogP contribution < -0.4 is 5.32 Å². The van der Waals surface area contributed by atoms with Gasteiger partial charge < -0.3 is 10.4 Å². The lowest BCUT2D eigenvalue weighted by molar-refractivity contribution is 0.0819. The molecule has 1 aliphatic heterocycles. The number of hydrogen-bond acceptors (Lipinski definition) is 4. The van der Waals surface area contributed by atoms with E-state index in [2.05, 4.69) is 10.3 Å². The highest BCUT2D eigenvalue weighted by molar-refractivity contribution is 7.99. The highest BCUT2D eigenvalue weighted by atomic mass is 35.5. The van der Waals surface area contributed by atoms with Crippen molar-refractivity contribution in [2.45, 2.75) is 12.0 Å². The van der Waals surface area contributed by atoms with E-state index in [9.17, 15) is 5.11 Å². The second-order valence-electron chi connectivity index (χ2n) is 3.71. The minimum Gasteiger partial charge on any atom is -0.387 e. The van der Waals surface area contributed by atoms with E-state index >= 15 is 0 Å². The van der Waals surface area contributed by atoms with Gasteiger partial charge in [0.05, 0.1) is 10.6 Å². The Morgan fingerprint density at radius 2 is 2.53 bits per heavy atom. The fourth-order valence-corrected chi connectivity index (χ4v) is 2.98. The zero-order valence-corrected chi connectivity index (χ0v) is 9.81. The molecule has 2 heterocycles. The lowest BCUT2D eigenvalue weighted by Gasteiger charge is -2.22. The first-order valence-corrected chi connectivity index (χ1v) is 6.37. The van der Waals surface area contributed by atoms with Crippen LogP contribution in [0.15, 0.2) is 18.3 Å². The average Bonchev–Trinajstić information content (AvgIpc) is 2.65. The highest BCUT2D eigenvalue weighted by Gasteiger charge is 2.31. The van der Waals surface area contributed by atoms with Crippen molar-refractivity contribution in [1.29, 1.82) is 0 Å². The van der Waals surface area contributed by atoms with E-state index < -0.39 is 5.60 Å². The summed E-state index contributed by atoms with van der Waals surface area (Å²) in [6, 6.07) is 3.57. The van der Waals surface area contributed by atoms with E-state index in [1.54, 1.807) is 30.1 Å². The topological polar surface area (TPSA) is 45.1 Å². The lowest BCUT2D eigenvalue weighted by Crippen LogP contribution is -2.36. The van der Waals surface area contributed by atoms with Crippen LogP contribution in [0, 0.1) is 0 Å². The van der Waals surface area contributed by atoms with Crippen LogP contribution in [0.1, 0.15) is 6.42 Å². The average molecular weight is 245 g/mol. The van der Waals surface area contributed by atoms with Crippen molar-refractivity contribution < 1.29 is 5.11 Å². The van der Waals surface area contributed by atoms with Crippen molar-refractivity contribution in [2.24, 2.45) is 0 Å². The number of aromatic nitrogens is 1. The smallest absolute Gasteiger partial charge is 0.144 e. The van der Waals surface area contributed by atoms with Crippen molar-refractivity contribution in [3.63, 3.8) is 0 Å². The van der Waals surface area contributed by atoms with Crippen molar-refractivity contribution in [1.82, 2.24) is 4.98 Å². The van der Waals surface area contributed by atoms with Gasteiger partial charge in [-0.15, -0.1) is 0 Å². The summed E-state index contributed by atoms with van der Waals surface area (Å²) in [4.78, 5) is 4.11. The molecule has 1 saturated heterocycles. The molecule has 82 valence electrons. The molecule has 0 saturated carbocycles. The molecule has 1 aromatic heterocycles. The number of aliphatic hydroxyl groups is 1. The summed E-state index contributed by atoms with van der Waals surface area (Å²) >= 11 is 7.72. The Balaban J connectivity index is 1.95. The fraction of sp³-hybridized carbons (Fsp3) is 0.500. The molecule has 0 bridgehead atoms. The standard InChI is InChI=1S/C10H13ClN2OS/c11-8-2-1-4-12-9(8)13-6-10(14)3-5-15-7-10/h1-2,4,14H,3,5-7H2,(H,12,13). The number of hydrogen-bond donors (Lipinski definition) is 2. The molecule has 1 aliphatic rings. The van der Waals surface area contributed by atoms with Crippen LogP contribution in [0.3, 0.4) is 0 Å². The fourth-order valence-electron chi connectivity index (χ4n) is 1.50. The third-order valence-corrected chi connectivity index (χ3v) is 3.97. The van der Waals surface area contributed by atoms with Crippen LogP contribution in [0.2, 0.25) is 5.02 Å². The van der Waals surface area contributed by atoms with Crippen LogP contribution >= 0.6 is 23.4 Å². The van der Waals surface area contributed by atoms with Gasteiger partial charge in [-0.1, -0.05) is 11.6 Å². The Kier molecular flexibility index (Phi) is 3.38. The third kappa shape index (κ3) is 2.77. The molecule has 1 aromatic rings. The van der Waals surface area contributed by atoms with Gasteiger partial charge in [0.25, 0.3) is 0 Å². The Bertz CT molecular complexity index is 342. The number of pyridine rings is 1. The zero-order chi connectivity index (χ0) is 10.7. The van der Waals surface area contributed by atoms with Gasteiger partial charge in [-0.3, -0.25) is 0 Å². The molecule has 0 amide bonds. The van der Waals surface area contributed by atoms with Gasteiger partial charge in [-0.25, -0.2) is 4.98 Å². The molecule has 5 heteroatoms. The lowest BCUT2D eigenvalue weighted by atomic mass is 10.0. The molecule has 2 N–H and O–H groups in total. The summed E-state index contributed by atoms with van der Waals surface area (Å²) in [5.74, 6) is 2.45.